The summed E-state index contributed by atoms with van der Waals surface area (Å²) in [5, 5.41) is 6.72. The third-order valence-electron chi connectivity index (χ3n) is 6.18. The standard InChI is InChI=1S/C23H24F2N6OS2/c1-22(2,25)18-16(24)10-26-20(28-18)31-11-15-12-33-21(29-19(32)14-6-4-3-5-7-14)30-23(15,13-31)17-8-9-27-34-17/h3-10,15,21,30H,11-13H2,1-2H3,(H,29,32)/t15-,21?,23-/m0/s1. The maximum absolute atomic E-state index is 14.5. The highest BCUT2D eigenvalue weighted by Gasteiger charge is 2.53. The van der Waals surface area contributed by atoms with Gasteiger partial charge < -0.3 is 10.2 Å². The van der Waals surface area contributed by atoms with Gasteiger partial charge in [0.25, 0.3) is 5.91 Å². The highest BCUT2D eigenvalue weighted by atomic mass is 32.2. The minimum absolute atomic E-state index is 0.151. The number of amides is 1. The van der Waals surface area contributed by atoms with Crippen molar-refractivity contribution < 1.29 is 13.6 Å². The van der Waals surface area contributed by atoms with Crippen LogP contribution in [-0.2, 0) is 11.2 Å². The fraction of sp³-hybridized carbons (Fsp3) is 0.391. The monoisotopic (exact) mass is 502 g/mol. The molecule has 34 heavy (non-hydrogen) atoms. The number of anilines is 1. The molecule has 0 saturated carbocycles. The lowest BCUT2D eigenvalue weighted by molar-refractivity contribution is 0.0934. The molecule has 3 atom stereocenters. The van der Waals surface area contributed by atoms with E-state index in [0.29, 0.717) is 18.7 Å². The molecule has 2 fully saturated rings. The first-order valence-electron chi connectivity index (χ1n) is 10.9. The van der Waals surface area contributed by atoms with Crippen molar-refractivity contribution >= 4 is 35.1 Å². The van der Waals surface area contributed by atoms with E-state index < -0.39 is 17.0 Å². The van der Waals surface area contributed by atoms with Gasteiger partial charge in [-0.1, -0.05) is 18.2 Å². The van der Waals surface area contributed by atoms with Gasteiger partial charge >= 0.3 is 0 Å². The number of nitrogens with zero attached hydrogens (tertiary/aromatic N) is 4. The Morgan fingerprint density at radius 2 is 2.09 bits per heavy atom. The molecule has 1 amide bonds. The first-order valence-corrected chi connectivity index (χ1v) is 12.7. The smallest absolute Gasteiger partial charge is 0.253 e. The topological polar surface area (TPSA) is 83.0 Å². The molecule has 5 rings (SSSR count). The zero-order valence-electron chi connectivity index (χ0n) is 18.7. The molecule has 2 N–H and O–H groups in total. The van der Waals surface area contributed by atoms with Crippen LogP contribution in [0.15, 0.2) is 48.8 Å². The number of halogens is 2. The predicted octanol–water partition coefficient (Wildman–Crippen LogP) is 3.66. The molecule has 1 unspecified atom stereocenters. The Kier molecular flexibility index (Phi) is 6.03. The van der Waals surface area contributed by atoms with Crippen LogP contribution in [0.1, 0.15) is 34.8 Å². The van der Waals surface area contributed by atoms with Crippen LogP contribution >= 0.6 is 23.3 Å². The molecule has 0 spiro atoms. The van der Waals surface area contributed by atoms with Crippen LogP contribution in [0.5, 0.6) is 0 Å². The Morgan fingerprint density at radius 3 is 2.79 bits per heavy atom. The second-order valence-corrected chi connectivity index (χ2v) is 10.9. The Bertz CT molecular complexity index is 1170. The van der Waals surface area contributed by atoms with Gasteiger partial charge in [0, 0.05) is 41.4 Å². The van der Waals surface area contributed by atoms with E-state index in [1.54, 1.807) is 30.1 Å². The summed E-state index contributed by atoms with van der Waals surface area (Å²) in [6.45, 7) is 3.65. The number of fused-ring (bicyclic) bond motifs is 1. The summed E-state index contributed by atoms with van der Waals surface area (Å²) in [6, 6.07) is 11.1. The van der Waals surface area contributed by atoms with Crippen LogP contribution in [0.25, 0.3) is 0 Å². The zero-order valence-corrected chi connectivity index (χ0v) is 20.3. The lowest BCUT2D eigenvalue weighted by Crippen LogP contribution is -2.60. The normalized spacial score (nSPS) is 24.6. The SMILES string of the molecule is CC(C)(F)c1nc(N2C[C@H]3CSC(NC(=O)c4ccccc4)N[C@@]3(c3ccns3)C2)ncc1F. The summed E-state index contributed by atoms with van der Waals surface area (Å²) >= 11 is 3.02. The van der Waals surface area contributed by atoms with Crippen molar-refractivity contribution in [2.45, 2.75) is 30.6 Å². The van der Waals surface area contributed by atoms with Gasteiger partial charge in [-0.3, -0.25) is 10.1 Å². The number of benzene rings is 1. The van der Waals surface area contributed by atoms with Gasteiger partial charge in [-0.25, -0.2) is 23.1 Å². The Hall–Kier alpha value is -2.63. The molecule has 0 aliphatic carbocycles. The molecule has 4 heterocycles. The molecular weight excluding hydrogens is 478 g/mol. The maximum Gasteiger partial charge on any atom is 0.253 e. The zero-order chi connectivity index (χ0) is 23.9. The molecule has 7 nitrogen and oxygen atoms in total. The number of carbonyl (C=O) groups excluding carboxylic acids is 1. The van der Waals surface area contributed by atoms with Crippen molar-refractivity contribution in [1.29, 1.82) is 0 Å². The summed E-state index contributed by atoms with van der Waals surface area (Å²) < 4.78 is 33.1. The average molecular weight is 503 g/mol. The molecule has 0 bridgehead atoms. The van der Waals surface area contributed by atoms with E-state index >= 15 is 0 Å². The van der Waals surface area contributed by atoms with Crippen LogP contribution in [0.3, 0.4) is 0 Å². The first-order chi connectivity index (χ1) is 16.3. The number of alkyl halides is 1. The molecular formula is C23H24F2N6OS2. The van der Waals surface area contributed by atoms with Crippen molar-refractivity contribution in [3.8, 4) is 0 Å². The molecule has 2 aliphatic rings. The Morgan fingerprint density at radius 1 is 1.29 bits per heavy atom. The third-order valence-corrected chi connectivity index (χ3v) is 8.27. The predicted molar refractivity (Wildman–Crippen MR) is 129 cm³/mol. The van der Waals surface area contributed by atoms with Gasteiger partial charge in [0.15, 0.2) is 5.82 Å². The van der Waals surface area contributed by atoms with Gasteiger partial charge in [-0.05, 0) is 43.6 Å². The first kappa shape index (κ1) is 23.1. The van der Waals surface area contributed by atoms with E-state index in [-0.39, 0.29) is 29.0 Å². The van der Waals surface area contributed by atoms with Crippen molar-refractivity contribution in [3.05, 3.63) is 70.7 Å². The molecule has 3 aromatic rings. The van der Waals surface area contributed by atoms with Crippen LogP contribution in [0, 0.1) is 11.7 Å². The summed E-state index contributed by atoms with van der Waals surface area (Å²) in [7, 11) is 0. The number of aromatic nitrogens is 3. The van der Waals surface area contributed by atoms with Crippen molar-refractivity contribution in [3.63, 3.8) is 0 Å². The minimum atomic E-state index is -1.93. The van der Waals surface area contributed by atoms with Gasteiger partial charge in [0.2, 0.25) is 5.95 Å². The highest BCUT2D eigenvalue weighted by Crippen LogP contribution is 2.45. The molecule has 11 heteroatoms. The van der Waals surface area contributed by atoms with Crippen LogP contribution < -0.4 is 15.5 Å². The van der Waals surface area contributed by atoms with Crippen molar-refractivity contribution in [2.75, 3.05) is 23.7 Å². The largest absolute Gasteiger partial charge is 0.338 e. The van der Waals surface area contributed by atoms with Gasteiger partial charge in [-0.15, -0.1) is 11.8 Å². The lowest BCUT2D eigenvalue weighted by atomic mass is 9.86. The van der Waals surface area contributed by atoms with Crippen LogP contribution in [0.4, 0.5) is 14.7 Å². The number of hydrogen-bond donors (Lipinski definition) is 2. The molecule has 2 saturated heterocycles. The number of nitrogens with one attached hydrogen (secondary N) is 2. The second-order valence-electron chi connectivity index (χ2n) is 8.96. The van der Waals surface area contributed by atoms with Gasteiger partial charge in [-0.2, -0.15) is 0 Å². The van der Waals surface area contributed by atoms with Crippen molar-refractivity contribution in [2.24, 2.45) is 5.92 Å². The van der Waals surface area contributed by atoms with E-state index in [1.165, 1.54) is 25.4 Å². The molecule has 0 radical (unpaired) electrons. The fourth-order valence-corrected chi connectivity index (χ4v) is 6.62. The number of hydrogen-bond acceptors (Lipinski definition) is 8. The van der Waals surface area contributed by atoms with Gasteiger partial charge in [0.1, 0.15) is 16.9 Å². The van der Waals surface area contributed by atoms with E-state index in [0.717, 1.165) is 16.8 Å². The van der Waals surface area contributed by atoms with E-state index in [9.17, 15) is 13.6 Å². The van der Waals surface area contributed by atoms with Crippen molar-refractivity contribution in [1.82, 2.24) is 25.0 Å². The lowest BCUT2D eigenvalue weighted by Gasteiger charge is -2.42. The van der Waals surface area contributed by atoms with E-state index in [1.807, 2.05) is 29.2 Å². The number of carbonyl (C=O) groups is 1. The summed E-state index contributed by atoms with van der Waals surface area (Å²) in [6.07, 6.45) is 2.79. The summed E-state index contributed by atoms with van der Waals surface area (Å²) in [5.74, 6) is 0.289. The molecule has 1 aromatic carbocycles. The third kappa shape index (κ3) is 4.27. The Balaban J connectivity index is 1.42. The van der Waals surface area contributed by atoms with E-state index in [4.69, 9.17) is 0 Å². The van der Waals surface area contributed by atoms with Crippen LogP contribution in [0.2, 0.25) is 0 Å². The maximum atomic E-state index is 14.5. The number of rotatable bonds is 5. The second kappa shape index (κ2) is 8.86. The molecule has 2 aliphatic heterocycles. The average Bonchev–Trinajstić information content (AvgIpc) is 3.48. The highest BCUT2D eigenvalue weighted by molar-refractivity contribution is 7.99. The fourth-order valence-electron chi connectivity index (χ4n) is 4.51. The molecule has 178 valence electrons. The summed E-state index contributed by atoms with van der Waals surface area (Å²) in [4.78, 5) is 24.2. The van der Waals surface area contributed by atoms with Gasteiger partial charge in [0.05, 0.1) is 11.7 Å². The van der Waals surface area contributed by atoms with E-state index in [2.05, 4.69) is 25.0 Å². The quantitative estimate of drug-likeness (QED) is 0.551. The summed E-state index contributed by atoms with van der Waals surface area (Å²) in [5.41, 5.74) is -2.42. The van der Waals surface area contributed by atoms with Crippen LogP contribution in [-0.4, -0.2) is 44.6 Å². The minimum Gasteiger partial charge on any atom is -0.338 e. The number of thioether (sulfide) groups is 1. The molecule has 2 aromatic heterocycles. The Labute approximate surface area is 204 Å².